The Balaban J connectivity index is 2.10. The van der Waals surface area contributed by atoms with Crippen LogP contribution in [0.1, 0.15) is 19.3 Å². The molecule has 0 aromatic heterocycles. The average molecular weight is 300 g/mol. The summed E-state index contributed by atoms with van der Waals surface area (Å²) < 4.78 is 10.0. The number of rotatable bonds is 3. The monoisotopic (exact) mass is 300 g/mol. The van der Waals surface area contributed by atoms with Crippen molar-refractivity contribution < 1.29 is 19.1 Å². The number of methoxy groups -OCH3 is 1. The minimum atomic E-state index is -0.807. The third-order valence-electron chi connectivity index (χ3n) is 4.24. The second kappa shape index (κ2) is 6.05. The molecule has 1 atom stereocenters. The highest BCUT2D eigenvalue weighted by Crippen LogP contribution is 2.35. The van der Waals surface area contributed by atoms with Gasteiger partial charge in [0.05, 0.1) is 18.0 Å². The van der Waals surface area contributed by atoms with E-state index in [4.69, 9.17) is 27.4 Å². The smallest absolute Gasteiger partial charge is 0.310 e. The average Bonchev–Trinajstić information content (AvgIpc) is 2.95. The highest BCUT2D eigenvalue weighted by molar-refractivity contribution is 7.80. The van der Waals surface area contributed by atoms with Gasteiger partial charge in [-0.15, -0.1) is 0 Å². The molecule has 2 aliphatic heterocycles. The second-order valence-corrected chi connectivity index (χ2v) is 5.76. The van der Waals surface area contributed by atoms with E-state index in [9.17, 15) is 9.59 Å². The number of carbonyl (C=O) groups is 2. The number of ether oxygens (including phenoxy) is 2. The Morgan fingerprint density at radius 2 is 2.05 bits per heavy atom. The molecule has 0 aliphatic carbocycles. The van der Waals surface area contributed by atoms with E-state index >= 15 is 0 Å². The van der Waals surface area contributed by atoms with Gasteiger partial charge in [-0.05, 0) is 19.3 Å². The first kappa shape index (κ1) is 15.2. The highest BCUT2D eigenvalue weighted by atomic mass is 32.1. The number of carbonyl (C=O) groups excluding carboxylic acids is 2. The van der Waals surface area contributed by atoms with Crippen molar-refractivity contribution in [1.82, 2.24) is 4.90 Å². The number of esters is 1. The van der Waals surface area contributed by atoms with Gasteiger partial charge in [-0.3, -0.25) is 9.59 Å². The van der Waals surface area contributed by atoms with E-state index in [1.807, 2.05) is 0 Å². The molecule has 0 spiro atoms. The summed E-state index contributed by atoms with van der Waals surface area (Å²) >= 11 is 5.13. The summed E-state index contributed by atoms with van der Waals surface area (Å²) in [6.45, 7) is 1.90. The zero-order valence-electron chi connectivity index (χ0n) is 11.6. The maximum absolute atomic E-state index is 12.8. The van der Waals surface area contributed by atoms with Crippen LogP contribution in [0.5, 0.6) is 0 Å². The Kier molecular flexibility index (Phi) is 4.59. The number of hydrogen-bond acceptors (Lipinski definition) is 5. The van der Waals surface area contributed by atoms with Crippen LogP contribution in [0.3, 0.4) is 0 Å². The van der Waals surface area contributed by atoms with Crippen LogP contribution in [0.2, 0.25) is 0 Å². The van der Waals surface area contributed by atoms with Crippen LogP contribution in [0, 0.1) is 11.3 Å². The van der Waals surface area contributed by atoms with Gasteiger partial charge in [0.1, 0.15) is 5.41 Å². The van der Waals surface area contributed by atoms with Crippen LogP contribution in [0.15, 0.2) is 0 Å². The van der Waals surface area contributed by atoms with E-state index in [-0.39, 0.29) is 22.8 Å². The first-order chi connectivity index (χ1) is 9.51. The van der Waals surface area contributed by atoms with Crippen LogP contribution < -0.4 is 5.73 Å². The molecule has 0 saturated carbocycles. The molecule has 1 amide bonds. The first-order valence-corrected chi connectivity index (χ1v) is 7.17. The number of nitrogens with two attached hydrogens (primary N) is 1. The van der Waals surface area contributed by atoms with Crippen molar-refractivity contribution in [3.05, 3.63) is 0 Å². The maximum atomic E-state index is 12.8. The van der Waals surface area contributed by atoms with Gasteiger partial charge in [-0.1, -0.05) is 12.2 Å². The van der Waals surface area contributed by atoms with E-state index in [0.29, 0.717) is 45.6 Å². The highest BCUT2D eigenvalue weighted by Gasteiger charge is 2.47. The number of amides is 1. The summed E-state index contributed by atoms with van der Waals surface area (Å²) in [5, 5.41) is 0. The molecule has 0 bridgehead atoms. The molecule has 2 saturated heterocycles. The van der Waals surface area contributed by atoms with E-state index in [1.165, 1.54) is 7.11 Å². The molecular weight excluding hydrogens is 280 g/mol. The van der Waals surface area contributed by atoms with E-state index in [1.54, 1.807) is 4.90 Å². The summed E-state index contributed by atoms with van der Waals surface area (Å²) in [6.07, 6.45) is 1.66. The van der Waals surface area contributed by atoms with Crippen LogP contribution in [-0.2, 0) is 19.1 Å². The minimum Gasteiger partial charge on any atom is -0.469 e. The van der Waals surface area contributed by atoms with Gasteiger partial charge in [0.2, 0.25) is 5.91 Å². The lowest BCUT2D eigenvalue weighted by atomic mass is 9.78. The minimum absolute atomic E-state index is 0.0697. The van der Waals surface area contributed by atoms with Crippen LogP contribution in [0.4, 0.5) is 0 Å². The Hall–Kier alpha value is -1.21. The Morgan fingerprint density at radius 3 is 2.60 bits per heavy atom. The number of thiocarbonyl (C=S) groups is 1. The molecular formula is C13H20N2O4S. The molecule has 0 aromatic rings. The lowest BCUT2D eigenvalue weighted by molar-refractivity contribution is -0.146. The third kappa shape index (κ3) is 2.64. The van der Waals surface area contributed by atoms with Crippen LogP contribution in [-0.4, -0.2) is 55.2 Å². The second-order valence-electron chi connectivity index (χ2n) is 5.32. The lowest BCUT2D eigenvalue weighted by Crippen LogP contribution is -2.52. The van der Waals surface area contributed by atoms with Crippen molar-refractivity contribution in [2.45, 2.75) is 19.3 Å². The fourth-order valence-electron chi connectivity index (χ4n) is 2.89. The van der Waals surface area contributed by atoms with Crippen molar-refractivity contribution in [2.24, 2.45) is 17.1 Å². The number of nitrogens with zero attached hydrogens (tertiary/aromatic N) is 1. The summed E-state index contributed by atoms with van der Waals surface area (Å²) in [6, 6.07) is 0. The molecule has 0 aromatic carbocycles. The molecule has 6 nitrogen and oxygen atoms in total. The molecule has 2 N–H and O–H groups in total. The molecule has 112 valence electrons. The fourth-order valence-corrected chi connectivity index (χ4v) is 3.18. The van der Waals surface area contributed by atoms with Crippen LogP contribution >= 0.6 is 12.2 Å². The zero-order chi connectivity index (χ0) is 14.8. The van der Waals surface area contributed by atoms with Crippen LogP contribution in [0.25, 0.3) is 0 Å². The molecule has 2 fully saturated rings. The number of likely N-dealkylation sites (tertiary alicyclic amines) is 1. The van der Waals surface area contributed by atoms with E-state index in [0.717, 1.165) is 0 Å². The molecule has 2 heterocycles. The molecule has 2 aliphatic rings. The van der Waals surface area contributed by atoms with Crippen molar-refractivity contribution in [1.29, 1.82) is 0 Å². The lowest BCUT2D eigenvalue weighted by Gasteiger charge is -2.37. The predicted octanol–water partition coefficient (Wildman–Crippen LogP) is 0.0908. The van der Waals surface area contributed by atoms with Gasteiger partial charge < -0.3 is 20.1 Å². The third-order valence-corrected chi connectivity index (χ3v) is 4.63. The van der Waals surface area contributed by atoms with Crippen molar-refractivity contribution in [3.63, 3.8) is 0 Å². The maximum Gasteiger partial charge on any atom is 0.310 e. The molecule has 7 heteroatoms. The SMILES string of the molecule is COC(=O)C1CCN(C(=O)C2(C(N)=S)CCOCC2)C1. The standard InChI is InChI=1S/C13H20N2O4S/c1-18-10(16)9-2-5-15(8-9)12(17)13(11(14)20)3-6-19-7-4-13/h9H,2-8H2,1H3,(H2,14,20). The molecule has 1 unspecified atom stereocenters. The van der Waals surface area contributed by atoms with Crippen molar-refractivity contribution >= 4 is 29.1 Å². The first-order valence-electron chi connectivity index (χ1n) is 6.76. The van der Waals surface area contributed by atoms with Gasteiger partial charge in [0.15, 0.2) is 0 Å². The van der Waals surface area contributed by atoms with Gasteiger partial charge in [0.25, 0.3) is 0 Å². The largest absolute Gasteiger partial charge is 0.469 e. The summed E-state index contributed by atoms with van der Waals surface area (Å²) in [5.41, 5.74) is 5.02. The van der Waals surface area contributed by atoms with Gasteiger partial charge in [-0.2, -0.15) is 0 Å². The Bertz CT molecular complexity index is 421. The van der Waals surface area contributed by atoms with Crippen molar-refractivity contribution in [3.8, 4) is 0 Å². The molecule has 2 rings (SSSR count). The van der Waals surface area contributed by atoms with E-state index in [2.05, 4.69) is 0 Å². The van der Waals surface area contributed by atoms with Crippen molar-refractivity contribution in [2.75, 3.05) is 33.4 Å². The van der Waals surface area contributed by atoms with Gasteiger partial charge >= 0.3 is 5.97 Å². The van der Waals surface area contributed by atoms with Gasteiger partial charge in [-0.25, -0.2) is 0 Å². The zero-order valence-corrected chi connectivity index (χ0v) is 12.4. The normalized spacial score (nSPS) is 25.2. The quantitative estimate of drug-likeness (QED) is 0.588. The summed E-state index contributed by atoms with van der Waals surface area (Å²) in [4.78, 5) is 26.2. The topological polar surface area (TPSA) is 81.9 Å². The van der Waals surface area contributed by atoms with E-state index < -0.39 is 5.41 Å². The summed E-state index contributed by atoms with van der Waals surface area (Å²) in [5.74, 6) is -0.580. The molecule has 20 heavy (non-hydrogen) atoms. The van der Waals surface area contributed by atoms with Gasteiger partial charge in [0, 0.05) is 26.3 Å². The predicted molar refractivity (Wildman–Crippen MR) is 76.0 cm³/mol. The Morgan fingerprint density at radius 1 is 1.40 bits per heavy atom. The number of hydrogen-bond donors (Lipinski definition) is 1. The Labute approximate surface area is 123 Å². The summed E-state index contributed by atoms with van der Waals surface area (Å²) in [7, 11) is 1.36. The molecule has 0 radical (unpaired) electrons. The fraction of sp³-hybridized carbons (Fsp3) is 0.769.